The molecule has 5 heteroatoms. The SMILES string of the molecule is Cc1ccc(NC2C(=O)Nc3ccc(Br)cc32)c(C)c1O. The van der Waals surface area contributed by atoms with Crippen molar-refractivity contribution in [2.24, 2.45) is 0 Å². The second kappa shape index (κ2) is 5.07. The van der Waals surface area contributed by atoms with Gasteiger partial charge in [0.25, 0.3) is 5.91 Å². The van der Waals surface area contributed by atoms with Gasteiger partial charge >= 0.3 is 0 Å². The average molecular weight is 347 g/mol. The molecule has 4 nitrogen and oxygen atoms in total. The molecule has 1 heterocycles. The van der Waals surface area contributed by atoms with E-state index in [0.29, 0.717) is 0 Å². The van der Waals surface area contributed by atoms with Crippen LogP contribution in [0.3, 0.4) is 0 Å². The van der Waals surface area contributed by atoms with Gasteiger partial charge in [-0.3, -0.25) is 4.79 Å². The Morgan fingerprint density at radius 2 is 2.00 bits per heavy atom. The molecule has 0 spiro atoms. The minimum absolute atomic E-state index is 0.0948. The van der Waals surface area contributed by atoms with Crippen molar-refractivity contribution < 1.29 is 9.90 Å². The maximum atomic E-state index is 12.2. The lowest BCUT2D eigenvalue weighted by atomic mass is 10.1. The number of phenols is 1. The zero-order valence-corrected chi connectivity index (χ0v) is 13.3. The minimum Gasteiger partial charge on any atom is -0.507 e. The normalized spacial score (nSPS) is 16.5. The van der Waals surface area contributed by atoms with Crippen molar-refractivity contribution in [2.75, 3.05) is 10.6 Å². The molecule has 1 aliphatic rings. The molecule has 1 unspecified atom stereocenters. The summed E-state index contributed by atoms with van der Waals surface area (Å²) >= 11 is 3.43. The number of amides is 1. The molecule has 3 rings (SSSR count). The van der Waals surface area contributed by atoms with Crippen molar-refractivity contribution >= 4 is 33.2 Å². The number of hydrogen-bond donors (Lipinski definition) is 3. The van der Waals surface area contributed by atoms with E-state index >= 15 is 0 Å². The molecule has 2 aromatic carbocycles. The minimum atomic E-state index is -0.460. The number of fused-ring (bicyclic) bond motifs is 1. The summed E-state index contributed by atoms with van der Waals surface area (Å²) in [6.07, 6.45) is 0. The van der Waals surface area contributed by atoms with Gasteiger partial charge in [-0.05, 0) is 43.7 Å². The molecule has 1 aliphatic heterocycles. The van der Waals surface area contributed by atoms with Gasteiger partial charge in [0.05, 0.1) is 0 Å². The highest BCUT2D eigenvalue weighted by atomic mass is 79.9. The van der Waals surface area contributed by atoms with Crippen LogP contribution in [0.4, 0.5) is 11.4 Å². The number of hydrogen-bond acceptors (Lipinski definition) is 3. The summed E-state index contributed by atoms with van der Waals surface area (Å²) in [7, 11) is 0. The molecule has 0 fully saturated rings. The van der Waals surface area contributed by atoms with Crippen LogP contribution in [0, 0.1) is 13.8 Å². The summed E-state index contributed by atoms with van der Waals surface area (Å²) in [4.78, 5) is 12.2. The van der Waals surface area contributed by atoms with E-state index in [1.165, 1.54) is 0 Å². The number of nitrogens with one attached hydrogen (secondary N) is 2. The van der Waals surface area contributed by atoms with Crippen molar-refractivity contribution in [2.45, 2.75) is 19.9 Å². The fourth-order valence-electron chi connectivity index (χ4n) is 2.52. The molecule has 0 saturated heterocycles. The van der Waals surface area contributed by atoms with E-state index < -0.39 is 6.04 Å². The molecular weight excluding hydrogens is 332 g/mol. The highest BCUT2D eigenvalue weighted by Crippen LogP contribution is 2.37. The third kappa shape index (κ3) is 2.38. The number of rotatable bonds is 2. The van der Waals surface area contributed by atoms with Crippen LogP contribution in [0.25, 0.3) is 0 Å². The molecule has 0 radical (unpaired) electrons. The maximum absolute atomic E-state index is 12.2. The van der Waals surface area contributed by atoms with E-state index in [1.807, 2.05) is 44.2 Å². The van der Waals surface area contributed by atoms with Gasteiger partial charge in [-0.25, -0.2) is 0 Å². The number of aryl methyl sites for hydroxylation is 1. The van der Waals surface area contributed by atoms with Gasteiger partial charge in [0, 0.05) is 27.0 Å². The Morgan fingerprint density at radius 1 is 1.24 bits per heavy atom. The largest absolute Gasteiger partial charge is 0.507 e. The van der Waals surface area contributed by atoms with Crippen molar-refractivity contribution in [3.05, 3.63) is 51.5 Å². The van der Waals surface area contributed by atoms with Gasteiger partial charge < -0.3 is 15.7 Å². The highest BCUT2D eigenvalue weighted by molar-refractivity contribution is 9.10. The van der Waals surface area contributed by atoms with E-state index in [2.05, 4.69) is 26.6 Å². The summed E-state index contributed by atoms with van der Waals surface area (Å²) < 4.78 is 0.924. The van der Waals surface area contributed by atoms with E-state index in [1.54, 1.807) is 0 Å². The van der Waals surface area contributed by atoms with Gasteiger partial charge in [-0.2, -0.15) is 0 Å². The Labute approximate surface area is 131 Å². The summed E-state index contributed by atoms with van der Waals surface area (Å²) in [5.41, 5.74) is 4.03. The fourth-order valence-corrected chi connectivity index (χ4v) is 2.90. The summed E-state index contributed by atoms with van der Waals surface area (Å²) in [6.45, 7) is 3.68. The van der Waals surface area contributed by atoms with E-state index in [-0.39, 0.29) is 11.7 Å². The number of carbonyl (C=O) groups is 1. The van der Waals surface area contributed by atoms with Crippen LogP contribution in [0.1, 0.15) is 22.7 Å². The zero-order valence-electron chi connectivity index (χ0n) is 11.7. The van der Waals surface area contributed by atoms with Gasteiger partial charge in [0.2, 0.25) is 0 Å². The maximum Gasteiger partial charge on any atom is 0.251 e. The number of phenolic OH excluding ortho intramolecular Hbond substituents is 1. The van der Waals surface area contributed by atoms with Crippen molar-refractivity contribution in [3.8, 4) is 5.75 Å². The Hall–Kier alpha value is -2.01. The number of aromatic hydroxyl groups is 1. The van der Waals surface area contributed by atoms with Crippen LogP contribution < -0.4 is 10.6 Å². The van der Waals surface area contributed by atoms with Crippen molar-refractivity contribution in [1.82, 2.24) is 0 Å². The number of carbonyl (C=O) groups excluding carboxylic acids is 1. The molecule has 0 aromatic heterocycles. The highest BCUT2D eigenvalue weighted by Gasteiger charge is 2.31. The van der Waals surface area contributed by atoms with Crippen LogP contribution in [-0.2, 0) is 4.79 Å². The van der Waals surface area contributed by atoms with Crippen LogP contribution in [0.2, 0.25) is 0 Å². The third-order valence-electron chi connectivity index (χ3n) is 3.78. The first-order chi connectivity index (χ1) is 9.97. The first-order valence-corrected chi connectivity index (χ1v) is 7.42. The molecule has 3 N–H and O–H groups in total. The predicted molar refractivity (Wildman–Crippen MR) is 86.7 cm³/mol. The standard InChI is InChI=1S/C16H15BrN2O2/c1-8-3-5-12(9(2)15(8)20)18-14-11-7-10(17)4-6-13(11)19-16(14)21/h3-7,14,18,20H,1-2H3,(H,19,21). The fraction of sp³-hybridized carbons (Fsp3) is 0.188. The summed E-state index contributed by atoms with van der Waals surface area (Å²) in [5.74, 6) is 0.162. The Balaban J connectivity index is 1.98. The Kier molecular flexibility index (Phi) is 3.37. The second-order valence-electron chi connectivity index (χ2n) is 5.20. The van der Waals surface area contributed by atoms with E-state index in [9.17, 15) is 9.90 Å². The first kappa shape index (κ1) is 13.9. The van der Waals surface area contributed by atoms with Crippen molar-refractivity contribution in [3.63, 3.8) is 0 Å². The van der Waals surface area contributed by atoms with Crippen LogP contribution >= 0.6 is 15.9 Å². The monoisotopic (exact) mass is 346 g/mol. The number of benzene rings is 2. The lowest BCUT2D eigenvalue weighted by Crippen LogP contribution is -2.20. The number of anilines is 2. The average Bonchev–Trinajstić information content (AvgIpc) is 2.75. The van der Waals surface area contributed by atoms with Gasteiger partial charge in [-0.15, -0.1) is 0 Å². The topological polar surface area (TPSA) is 61.4 Å². The lowest BCUT2D eigenvalue weighted by Gasteiger charge is -2.17. The second-order valence-corrected chi connectivity index (χ2v) is 6.12. The van der Waals surface area contributed by atoms with Gasteiger partial charge in [0.1, 0.15) is 11.8 Å². The molecule has 2 aromatic rings. The first-order valence-electron chi connectivity index (χ1n) is 6.63. The molecular formula is C16H15BrN2O2. The van der Waals surface area contributed by atoms with E-state index in [4.69, 9.17) is 0 Å². The van der Waals surface area contributed by atoms with Crippen LogP contribution in [0.5, 0.6) is 5.75 Å². The van der Waals surface area contributed by atoms with Crippen molar-refractivity contribution in [1.29, 1.82) is 0 Å². The molecule has 1 amide bonds. The molecule has 0 saturated carbocycles. The van der Waals surface area contributed by atoms with Gasteiger partial charge in [-0.1, -0.05) is 22.0 Å². The lowest BCUT2D eigenvalue weighted by molar-refractivity contribution is -0.116. The quantitative estimate of drug-likeness (QED) is 0.773. The Bertz CT molecular complexity index is 743. The molecule has 0 bridgehead atoms. The zero-order chi connectivity index (χ0) is 15.1. The van der Waals surface area contributed by atoms with Crippen LogP contribution in [-0.4, -0.2) is 11.0 Å². The molecule has 21 heavy (non-hydrogen) atoms. The molecule has 1 atom stereocenters. The third-order valence-corrected chi connectivity index (χ3v) is 4.27. The summed E-state index contributed by atoms with van der Waals surface area (Å²) in [5, 5.41) is 16.1. The predicted octanol–water partition coefficient (Wildman–Crippen LogP) is 3.88. The van der Waals surface area contributed by atoms with Crippen LogP contribution in [0.15, 0.2) is 34.8 Å². The Morgan fingerprint density at radius 3 is 2.76 bits per heavy atom. The smallest absolute Gasteiger partial charge is 0.251 e. The van der Waals surface area contributed by atoms with Gasteiger partial charge in [0.15, 0.2) is 0 Å². The molecule has 0 aliphatic carbocycles. The molecule has 108 valence electrons. The number of halogens is 1. The summed E-state index contributed by atoms with van der Waals surface area (Å²) in [6, 6.07) is 8.95. The van der Waals surface area contributed by atoms with E-state index in [0.717, 1.165) is 32.5 Å².